The monoisotopic (exact) mass is 358 g/mol. The number of rotatable bonds is 5. The molecular weight excluding hydrogens is 343 g/mol. The number of hydrogen-bond acceptors (Lipinski definition) is 5. The van der Waals surface area contributed by atoms with Gasteiger partial charge < -0.3 is 14.6 Å². The molecule has 3 rings (SSSR count). The van der Waals surface area contributed by atoms with E-state index in [1.807, 2.05) is 18.2 Å². The SMILES string of the molecule is N#Cc1cc(COc2ccc(N3CC(CO)OC3=S)cc2)ccc1F. The summed E-state index contributed by atoms with van der Waals surface area (Å²) in [5.74, 6) is 0.0944. The maximum absolute atomic E-state index is 13.3. The van der Waals surface area contributed by atoms with E-state index in [-0.39, 0.29) is 24.9 Å². The van der Waals surface area contributed by atoms with Crippen molar-refractivity contribution in [1.29, 1.82) is 5.26 Å². The number of benzene rings is 2. The molecule has 1 aliphatic rings. The fourth-order valence-corrected chi connectivity index (χ4v) is 2.78. The fourth-order valence-electron chi connectivity index (χ4n) is 2.46. The number of ether oxygens (including phenoxy) is 2. The Kier molecular flexibility index (Phi) is 5.12. The third-order valence-corrected chi connectivity index (χ3v) is 4.10. The van der Waals surface area contributed by atoms with Crippen LogP contribution in [0.3, 0.4) is 0 Å². The molecule has 1 heterocycles. The molecule has 0 aromatic heterocycles. The normalized spacial score (nSPS) is 16.4. The number of thiocarbonyl (C=S) groups is 1. The largest absolute Gasteiger partial charge is 0.489 e. The molecule has 1 fully saturated rings. The Bertz CT molecular complexity index is 820. The van der Waals surface area contributed by atoms with E-state index in [1.165, 1.54) is 12.1 Å². The summed E-state index contributed by atoms with van der Waals surface area (Å²) in [4.78, 5) is 1.80. The molecule has 0 bridgehead atoms. The molecular formula is C18H15FN2O3S. The number of aliphatic hydroxyl groups is 1. The van der Waals surface area contributed by atoms with Crippen molar-refractivity contribution in [2.45, 2.75) is 12.7 Å². The van der Waals surface area contributed by atoms with Crippen molar-refractivity contribution in [3.63, 3.8) is 0 Å². The van der Waals surface area contributed by atoms with Gasteiger partial charge in [-0.2, -0.15) is 5.26 Å². The average Bonchev–Trinajstić information content (AvgIpc) is 3.02. The molecule has 1 aliphatic heterocycles. The van der Waals surface area contributed by atoms with Crippen LogP contribution in [0.4, 0.5) is 10.1 Å². The molecule has 128 valence electrons. The van der Waals surface area contributed by atoms with Gasteiger partial charge in [0.2, 0.25) is 0 Å². The van der Waals surface area contributed by atoms with Crippen molar-refractivity contribution in [2.24, 2.45) is 0 Å². The summed E-state index contributed by atoms with van der Waals surface area (Å²) in [6, 6.07) is 13.4. The summed E-state index contributed by atoms with van der Waals surface area (Å²) in [5, 5.41) is 18.3. The van der Waals surface area contributed by atoms with Gasteiger partial charge in [0.15, 0.2) is 0 Å². The van der Waals surface area contributed by atoms with Crippen LogP contribution >= 0.6 is 12.2 Å². The van der Waals surface area contributed by atoms with Gasteiger partial charge in [0.05, 0.1) is 18.7 Å². The van der Waals surface area contributed by atoms with Crippen molar-refractivity contribution in [2.75, 3.05) is 18.1 Å². The molecule has 1 saturated heterocycles. The second-order valence-corrected chi connectivity index (χ2v) is 5.86. The van der Waals surface area contributed by atoms with Gasteiger partial charge in [0.1, 0.15) is 30.3 Å². The van der Waals surface area contributed by atoms with E-state index in [0.29, 0.717) is 23.0 Å². The summed E-state index contributed by atoms with van der Waals surface area (Å²) in [6.07, 6.45) is -0.309. The number of nitriles is 1. The number of nitrogens with zero attached hydrogens (tertiary/aromatic N) is 2. The molecule has 2 aromatic carbocycles. The van der Waals surface area contributed by atoms with Crippen LogP contribution in [-0.4, -0.2) is 29.5 Å². The minimum absolute atomic E-state index is 0.00238. The number of hydrogen-bond donors (Lipinski definition) is 1. The molecule has 5 nitrogen and oxygen atoms in total. The highest BCUT2D eigenvalue weighted by Gasteiger charge is 2.28. The van der Waals surface area contributed by atoms with Gasteiger partial charge in [0, 0.05) is 5.69 Å². The van der Waals surface area contributed by atoms with Crippen LogP contribution in [0, 0.1) is 17.1 Å². The molecule has 0 spiro atoms. The maximum Gasteiger partial charge on any atom is 0.264 e. The van der Waals surface area contributed by atoms with Crippen LogP contribution < -0.4 is 9.64 Å². The van der Waals surface area contributed by atoms with Crippen LogP contribution in [0.1, 0.15) is 11.1 Å². The summed E-state index contributed by atoms with van der Waals surface area (Å²) in [6.45, 7) is 0.647. The molecule has 7 heteroatoms. The lowest BCUT2D eigenvalue weighted by atomic mass is 10.1. The van der Waals surface area contributed by atoms with Crippen LogP contribution in [0.25, 0.3) is 0 Å². The smallest absolute Gasteiger partial charge is 0.264 e. The van der Waals surface area contributed by atoms with Gasteiger partial charge in [-0.3, -0.25) is 4.90 Å². The van der Waals surface area contributed by atoms with Crippen molar-refractivity contribution >= 4 is 23.1 Å². The first-order valence-corrected chi connectivity index (χ1v) is 8.02. The zero-order valence-electron chi connectivity index (χ0n) is 13.2. The number of halogens is 1. The molecule has 0 saturated carbocycles. The second-order valence-electron chi connectivity index (χ2n) is 5.51. The van der Waals surface area contributed by atoms with E-state index in [1.54, 1.807) is 23.1 Å². The first-order chi connectivity index (χ1) is 12.1. The zero-order chi connectivity index (χ0) is 17.8. The average molecular weight is 358 g/mol. The van der Waals surface area contributed by atoms with Crippen LogP contribution in [-0.2, 0) is 11.3 Å². The minimum atomic E-state index is -0.541. The highest BCUT2D eigenvalue weighted by Crippen LogP contribution is 2.25. The van der Waals surface area contributed by atoms with E-state index in [2.05, 4.69) is 0 Å². The lowest BCUT2D eigenvalue weighted by Crippen LogP contribution is -2.25. The molecule has 1 atom stereocenters. The Morgan fingerprint density at radius 1 is 1.32 bits per heavy atom. The zero-order valence-corrected chi connectivity index (χ0v) is 14.0. The van der Waals surface area contributed by atoms with Crippen LogP contribution in [0.15, 0.2) is 42.5 Å². The van der Waals surface area contributed by atoms with E-state index in [4.69, 9.17) is 32.1 Å². The molecule has 1 N–H and O–H groups in total. The van der Waals surface area contributed by atoms with Gasteiger partial charge >= 0.3 is 0 Å². The standard InChI is InChI=1S/C18H15FN2O3S/c19-17-6-1-12(7-13(17)8-20)11-23-15-4-2-14(3-5-15)21-9-16(10-22)24-18(21)25/h1-7,16,22H,9-11H2. The van der Waals surface area contributed by atoms with Crippen molar-refractivity contribution in [3.8, 4) is 11.8 Å². The van der Waals surface area contributed by atoms with Gasteiger partial charge in [-0.15, -0.1) is 0 Å². The molecule has 0 radical (unpaired) electrons. The number of anilines is 1. The predicted molar refractivity (Wildman–Crippen MR) is 93.8 cm³/mol. The Hall–Kier alpha value is -2.69. The van der Waals surface area contributed by atoms with Gasteiger partial charge in [-0.1, -0.05) is 6.07 Å². The quantitative estimate of drug-likeness (QED) is 0.829. The first kappa shape index (κ1) is 17.1. The number of aliphatic hydroxyl groups excluding tert-OH is 1. The van der Waals surface area contributed by atoms with Crippen molar-refractivity contribution < 1.29 is 19.0 Å². The molecule has 0 aliphatic carbocycles. The maximum atomic E-state index is 13.3. The summed E-state index contributed by atoms with van der Waals surface area (Å²) >= 11 is 5.15. The molecule has 0 amide bonds. The van der Waals surface area contributed by atoms with Gasteiger partial charge in [0.25, 0.3) is 5.17 Å². The lowest BCUT2D eigenvalue weighted by Gasteiger charge is -2.15. The van der Waals surface area contributed by atoms with Gasteiger partial charge in [-0.05, 0) is 54.2 Å². The van der Waals surface area contributed by atoms with E-state index >= 15 is 0 Å². The summed E-state index contributed by atoms with van der Waals surface area (Å²) in [5.41, 5.74) is 1.56. The topological polar surface area (TPSA) is 65.7 Å². The third-order valence-electron chi connectivity index (χ3n) is 3.78. The van der Waals surface area contributed by atoms with Gasteiger partial charge in [-0.25, -0.2) is 4.39 Å². The highest BCUT2D eigenvalue weighted by atomic mass is 32.1. The molecule has 2 aromatic rings. The Morgan fingerprint density at radius 3 is 2.72 bits per heavy atom. The Balaban J connectivity index is 1.63. The highest BCUT2D eigenvalue weighted by molar-refractivity contribution is 7.80. The van der Waals surface area contributed by atoms with Crippen LogP contribution in [0.5, 0.6) is 5.75 Å². The van der Waals surface area contributed by atoms with Crippen molar-refractivity contribution in [3.05, 3.63) is 59.4 Å². The van der Waals surface area contributed by atoms with E-state index in [9.17, 15) is 4.39 Å². The molecule has 25 heavy (non-hydrogen) atoms. The van der Waals surface area contributed by atoms with Crippen molar-refractivity contribution in [1.82, 2.24) is 0 Å². The van der Waals surface area contributed by atoms with Crippen LogP contribution in [0.2, 0.25) is 0 Å². The Labute approximate surface area is 149 Å². The van der Waals surface area contributed by atoms with E-state index < -0.39 is 5.82 Å². The summed E-state index contributed by atoms with van der Waals surface area (Å²) in [7, 11) is 0. The predicted octanol–water partition coefficient (Wildman–Crippen LogP) is 2.76. The second kappa shape index (κ2) is 7.47. The Morgan fingerprint density at radius 2 is 2.08 bits per heavy atom. The lowest BCUT2D eigenvalue weighted by molar-refractivity contribution is 0.136. The summed E-state index contributed by atoms with van der Waals surface area (Å²) < 4.78 is 24.3. The van der Waals surface area contributed by atoms with E-state index in [0.717, 1.165) is 5.69 Å². The molecule has 1 unspecified atom stereocenters. The first-order valence-electron chi connectivity index (χ1n) is 7.61. The third kappa shape index (κ3) is 3.87. The fraction of sp³-hybridized carbons (Fsp3) is 0.222. The minimum Gasteiger partial charge on any atom is -0.489 e.